The van der Waals surface area contributed by atoms with E-state index in [2.05, 4.69) is 24.0 Å². The highest BCUT2D eigenvalue weighted by Gasteiger charge is 2.34. The van der Waals surface area contributed by atoms with Crippen molar-refractivity contribution in [3.63, 3.8) is 0 Å². The number of methoxy groups -OCH3 is 1. The van der Waals surface area contributed by atoms with Gasteiger partial charge in [-0.15, -0.1) is 11.3 Å². The quantitative estimate of drug-likeness (QED) is 0.935. The molecule has 1 aromatic carbocycles. The normalized spacial score (nSPS) is 20.7. The fourth-order valence-electron chi connectivity index (χ4n) is 3.08. The number of ether oxygens (including phenoxy) is 1. The molecule has 6 heteroatoms. The minimum atomic E-state index is 0.00413. The van der Waals surface area contributed by atoms with Gasteiger partial charge in [0.1, 0.15) is 16.5 Å². The highest BCUT2D eigenvalue weighted by Crippen LogP contribution is 2.33. The summed E-state index contributed by atoms with van der Waals surface area (Å²) in [5.74, 6) is 1.21. The second kappa shape index (κ2) is 6.68. The first-order valence-corrected chi connectivity index (χ1v) is 8.59. The summed E-state index contributed by atoms with van der Waals surface area (Å²) in [5.41, 5.74) is 7.33. The largest absolute Gasteiger partial charge is 0.497 e. The van der Waals surface area contributed by atoms with Crippen molar-refractivity contribution in [3.05, 3.63) is 45.9 Å². The SMILES string of the molecule is COc1ccc(C2CC(C)N(C(=O)c3csc(CN)n3)C2)cc1. The van der Waals surface area contributed by atoms with Crippen molar-refractivity contribution in [3.8, 4) is 5.75 Å². The molecule has 5 nitrogen and oxygen atoms in total. The van der Waals surface area contributed by atoms with E-state index in [0.29, 0.717) is 18.2 Å². The van der Waals surface area contributed by atoms with Crippen LogP contribution in [0.4, 0.5) is 0 Å². The molecule has 3 rings (SSSR count). The minimum Gasteiger partial charge on any atom is -0.497 e. The predicted molar refractivity (Wildman–Crippen MR) is 90.9 cm³/mol. The fourth-order valence-corrected chi connectivity index (χ4v) is 3.73. The zero-order valence-corrected chi connectivity index (χ0v) is 14.2. The molecule has 122 valence electrons. The first kappa shape index (κ1) is 16.0. The summed E-state index contributed by atoms with van der Waals surface area (Å²) in [6.07, 6.45) is 0.964. The number of aromatic nitrogens is 1. The van der Waals surface area contributed by atoms with Gasteiger partial charge in [-0.1, -0.05) is 12.1 Å². The van der Waals surface area contributed by atoms with Crippen LogP contribution < -0.4 is 10.5 Å². The lowest BCUT2D eigenvalue weighted by molar-refractivity contribution is 0.0740. The van der Waals surface area contributed by atoms with Crippen LogP contribution >= 0.6 is 11.3 Å². The Balaban J connectivity index is 1.73. The number of hydrogen-bond donors (Lipinski definition) is 1. The zero-order chi connectivity index (χ0) is 16.4. The third kappa shape index (κ3) is 3.23. The van der Waals surface area contributed by atoms with Gasteiger partial charge in [-0.2, -0.15) is 0 Å². The molecule has 1 aliphatic heterocycles. The van der Waals surface area contributed by atoms with Crippen molar-refractivity contribution in [1.82, 2.24) is 9.88 Å². The Hall–Kier alpha value is -1.92. The lowest BCUT2D eigenvalue weighted by atomic mass is 9.97. The number of carbonyl (C=O) groups is 1. The summed E-state index contributed by atoms with van der Waals surface area (Å²) >= 11 is 1.44. The van der Waals surface area contributed by atoms with Gasteiger partial charge in [-0.3, -0.25) is 4.79 Å². The van der Waals surface area contributed by atoms with E-state index in [1.165, 1.54) is 16.9 Å². The molecule has 2 heterocycles. The lowest BCUT2D eigenvalue weighted by Gasteiger charge is -2.20. The highest BCUT2D eigenvalue weighted by atomic mass is 32.1. The molecule has 0 saturated carbocycles. The van der Waals surface area contributed by atoms with Crippen LogP contribution in [0, 0.1) is 0 Å². The number of hydrogen-bond acceptors (Lipinski definition) is 5. The van der Waals surface area contributed by atoms with E-state index < -0.39 is 0 Å². The Bertz CT molecular complexity index is 683. The first-order valence-electron chi connectivity index (χ1n) is 7.71. The van der Waals surface area contributed by atoms with Gasteiger partial charge in [0.2, 0.25) is 0 Å². The molecule has 1 amide bonds. The molecule has 0 spiro atoms. The summed E-state index contributed by atoms with van der Waals surface area (Å²) in [6, 6.07) is 8.31. The van der Waals surface area contributed by atoms with Crippen molar-refractivity contribution in [2.75, 3.05) is 13.7 Å². The van der Waals surface area contributed by atoms with Gasteiger partial charge in [-0.25, -0.2) is 4.98 Å². The average Bonchev–Trinajstić information content (AvgIpc) is 3.21. The molecule has 23 heavy (non-hydrogen) atoms. The molecular weight excluding hydrogens is 310 g/mol. The van der Waals surface area contributed by atoms with Crippen molar-refractivity contribution in [1.29, 1.82) is 0 Å². The maximum absolute atomic E-state index is 12.7. The zero-order valence-electron chi connectivity index (χ0n) is 13.4. The molecule has 1 aromatic heterocycles. The van der Waals surface area contributed by atoms with Crippen molar-refractivity contribution in [2.24, 2.45) is 5.73 Å². The Morgan fingerprint density at radius 3 is 2.78 bits per heavy atom. The second-order valence-electron chi connectivity index (χ2n) is 5.84. The van der Waals surface area contributed by atoms with E-state index in [1.54, 1.807) is 12.5 Å². The van der Waals surface area contributed by atoms with Gasteiger partial charge in [0.25, 0.3) is 5.91 Å². The second-order valence-corrected chi connectivity index (χ2v) is 6.79. The van der Waals surface area contributed by atoms with E-state index in [1.807, 2.05) is 17.0 Å². The van der Waals surface area contributed by atoms with E-state index in [0.717, 1.165) is 23.7 Å². The number of thiazole rings is 1. The van der Waals surface area contributed by atoms with Gasteiger partial charge in [0.05, 0.1) is 7.11 Å². The van der Waals surface area contributed by atoms with Crippen molar-refractivity contribution in [2.45, 2.75) is 31.8 Å². The molecule has 0 bridgehead atoms. The Morgan fingerprint density at radius 2 is 2.17 bits per heavy atom. The third-order valence-corrected chi connectivity index (χ3v) is 5.24. The van der Waals surface area contributed by atoms with E-state index in [4.69, 9.17) is 10.5 Å². The van der Waals surface area contributed by atoms with Crippen molar-refractivity contribution < 1.29 is 9.53 Å². The molecule has 1 fully saturated rings. The van der Waals surface area contributed by atoms with Crippen LogP contribution in [-0.2, 0) is 6.54 Å². The molecule has 1 saturated heterocycles. The number of nitrogens with zero attached hydrogens (tertiary/aromatic N) is 2. The van der Waals surface area contributed by atoms with E-state index in [-0.39, 0.29) is 11.9 Å². The summed E-state index contributed by atoms with van der Waals surface area (Å²) in [5, 5.41) is 2.60. The third-order valence-electron chi connectivity index (χ3n) is 4.37. The van der Waals surface area contributed by atoms with E-state index in [9.17, 15) is 4.79 Å². The van der Waals surface area contributed by atoms with Gasteiger partial charge < -0.3 is 15.4 Å². The van der Waals surface area contributed by atoms with Crippen LogP contribution in [0.25, 0.3) is 0 Å². The number of rotatable bonds is 4. The molecule has 0 radical (unpaired) electrons. The summed E-state index contributed by atoms with van der Waals surface area (Å²) < 4.78 is 5.20. The summed E-state index contributed by atoms with van der Waals surface area (Å²) in [6.45, 7) is 3.20. The molecule has 2 aromatic rings. The van der Waals surface area contributed by atoms with Crippen molar-refractivity contribution >= 4 is 17.2 Å². The number of benzene rings is 1. The van der Waals surface area contributed by atoms with Crippen LogP contribution in [0.2, 0.25) is 0 Å². The van der Waals surface area contributed by atoms with Crippen LogP contribution in [0.15, 0.2) is 29.6 Å². The summed E-state index contributed by atoms with van der Waals surface area (Å²) in [4.78, 5) is 18.9. The topological polar surface area (TPSA) is 68.5 Å². The number of likely N-dealkylation sites (tertiary alicyclic amines) is 1. The molecule has 1 aliphatic rings. The molecule has 2 atom stereocenters. The van der Waals surface area contributed by atoms with Gasteiger partial charge in [-0.05, 0) is 31.0 Å². The van der Waals surface area contributed by atoms with Crippen LogP contribution in [-0.4, -0.2) is 35.5 Å². The molecule has 2 unspecified atom stereocenters. The Labute approximate surface area is 140 Å². The lowest BCUT2D eigenvalue weighted by Crippen LogP contribution is -2.34. The molecule has 2 N–H and O–H groups in total. The Morgan fingerprint density at radius 1 is 1.43 bits per heavy atom. The maximum atomic E-state index is 12.7. The Kier molecular flexibility index (Phi) is 4.63. The van der Waals surface area contributed by atoms with Crippen LogP contribution in [0.5, 0.6) is 5.75 Å². The first-order chi connectivity index (χ1) is 11.1. The van der Waals surface area contributed by atoms with Gasteiger partial charge >= 0.3 is 0 Å². The smallest absolute Gasteiger partial charge is 0.273 e. The average molecular weight is 331 g/mol. The predicted octanol–water partition coefficient (Wildman–Crippen LogP) is 2.63. The summed E-state index contributed by atoms with van der Waals surface area (Å²) in [7, 11) is 1.66. The number of carbonyl (C=O) groups excluding carboxylic acids is 1. The van der Waals surface area contributed by atoms with Gasteiger partial charge in [0.15, 0.2) is 0 Å². The minimum absolute atomic E-state index is 0.00413. The highest BCUT2D eigenvalue weighted by molar-refractivity contribution is 7.09. The number of nitrogens with two attached hydrogens (primary N) is 1. The standard InChI is InChI=1S/C17H21N3O2S/c1-11-7-13(12-3-5-14(22-2)6-4-12)9-20(11)17(21)15-10-23-16(8-18)19-15/h3-6,10-11,13H,7-9,18H2,1-2H3. The monoisotopic (exact) mass is 331 g/mol. The molecular formula is C17H21N3O2S. The van der Waals surface area contributed by atoms with Gasteiger partial charge in [0, 0.05) is 30.4 Å². The molecule has 0 aliphatic carbocycles. The fraction of sp³-hybridized carbons (Fsp3) is 0.412. The van der Waals surface area contributed by atoms with Crippen LogP contribution in [0.3, 0.4) is 0 Å². The number of amides is 1. The van der Waals surface area contributed by atoms with E-state index >= 15 is 0 Å². The van der Waals surface area contributed by atoms with Crippen LogP contribution in [0.1, 0.15) is 40.3 Å². The maximum Gasteiger partial charge on any atom is 0.273 e.